The second-order valence-corrected chi connectivity index (χ2v) is 6.60. The van der Waals surface area contributed by atoms with E-state index in [-0.39, 0.29) is 11.3 Å². The fourth-order valence-electron chi connectivity index (χ4n) is 3.85. The molecule has 1 atom stereocenters. The van der Waals surface area contributed by atoms with E-state index < -0.39 is 0 Å². The molecule has 0 unspecified atom stereocenters. The zero-order valence-corrected chi connectivity index (χ0v) is 12.7. The van der Waals surface area contributed by atoms with Gasteiger partial charge in [-0.25, -0.2) is 0 Å². The molecule has 21 heavy (non-hydrogen) atoms. The van der Waals surface area contributed by atoms with E-state index >= 15 is 0 Å². The maximum Gasteiger partial charge on any atom is 0.220 e. The Morgan fingerprint density at radius 3 is 2.62 bits per heavy atom. The molecule has 0 radical (unpaired) electrons. The Morgan fingerprint density at radius 2 is 1.95 bits per heavy atom. The van der Waals surface area contributed by atoms with E-state index in [4.69, 9.17) is 0 Å². The quantitative estimate of drug-likeness (QED) is 0.814. The van der Waals surface area contributed by atoms with E-state index in [1.807, 2.05) is 0 Å². The van der Waals surface area contributed by atoms with Crippen molar-refractivity contribution in [1.82, 2.24) is 5.32 Å². The molecule has 1 fully saturated rings. The molecule has 2 aliphatic carbocycles. The Hall–Kier alpha value is -1.57. The van der Waals surface area contributed by atoms with Crippen LogP contribution in [0.25, 0.3) is 0 Å². The summed E-state index contributed by atoms with van der Waals surface area (Å²) >= 11 is 0. The van der Waals surface area contributed by atoms with E-state index in [1.165, 1.54) is 31.2 Å². The Bertz CT molecular complexity index is 500. The standard InChI is InChI=1S/C19H25NO/c21-18(14-16-8-4-5-9-16)20-15-19(12-6-7-13-19)17-10-2-1-3-11-17/h1-4,8,10-11,16H,5-7,9,12-15H2,(H,20,21)/t16-/m0/s1. The summed E-state index contributed by atoms with van der Waals surface area (Å²) in [5, 5.41) is 3.22. The summed E-state index contributed by atoms with van der Waals surface area (Å²) in [6, 6.07) is 10.7. The van der Waals surface area contributed by atoms with Gasteiger partial charge in [0.1, 0.15) is 0 Å². The van der Waals surface area contributed by atoms with E-state index in [2.05, 4.69) is 47.8 Å². The molecule has 0 bridgehead atoms. The number of amides is 1. The van der Waals surface area contributed by atoms with Gasteiger partial charge in [0, 0.05) is 18.4 Å². The van der Waals surface area contributed by atoms with Crippen LogP contribution < -0.4 is 5.32 Å². The largest absolute Gasteiger partial charge is 0.355 e. The third kappa shape index (κ3) is 3.37. The van der Waals surface area contributed by atoms with Crippen molar-refractivity contribution in [3.63, 3.8) is 0 Å². The molecule has 0 spiro atoms. The molecule has 1 aromatic rings. The van der Waals surface area contributed by atoms with Gasteiger partial charge in [-0.1, -0.05) is 55.3 Å². The molecule has 3 rings (SSSR count). The lowest BCUT2D eigenvalue weighted by atomic mass is 9.79. The molecule has 0 aliphatic heterocycles. The SMILES string of the molecule is O=C(C[C@H]1C=CCC1)NCC1(c2ccccc2)CCCC1. The van der Waals surface area contributed by atoms with Crippen LogP contribution in [-0.2, 0) is 10.2 Å². The van der Waals surface area contributed by atoms with E-state index in [9.17, 15) is 4.79 Å². The number of rotatable bonds is 5. The van der Waals surface area contributed by atoms with Gasteiger partial charge in [0.15, 0.2) is 0 Å². The average molecular weight is 283 g/mol. The Labute approximate surface area is 127 Å². The molecule has 1 aromatic carbocycles. The number of hydrogen-bond acceptors (Lipinski definition) is 1. The Balaban J connectivity index is 1.61. The number of nitrogens with one attached hydrogen (secondary N) is 1. The molecule has 2 heteroatoms. The first-order valence-corrected chi connectivity index (χ1v) is 8.27. The van der Waals surface area contributed by atoms with Gasteiger partial charge in [0.2, 0.25) is 5.91 Å². The van der Waals surface area contributed by atoms with Crippen molar-refractivity contribution in [1.29, 1.82) is 0 Å². The molecule has 0 aromatic heterocycles. The minimum atomic E-state index is 0.169. The van der Waals surface area contributed by atoms with E-state index in [1.54, 1.807) is 0 Å². The average Bonchev–Trinajstić information content (AvgIpc) is 3.18. The van der Waals surface area contributed by atoms with Gasteiger partial charge < -0.3 is 5.32 Å². The zero-order chi connectivity index (χ0) is 14.5. The van der Waals surface area contributed by atoms with Crippen molar-refractivity contribution in [3.05, 3.63) is 48.0 Å². The molecular formula is C19H25NO. The van der Waals surface area contributed by atoms with Crippen molar-refractivity contribution in [2.45, 2.75) is 50.4 Å². The highest BCUT2D eigenvalue weighted by Gasteiger charge is 2.35. The third-order valence-corrected chi connectivity index (χ3v) is 5.13. The number of allylic oxidation sites excluding steroid dienone is 2. The van der Waals surface area contributed by atoms with Crippen LogP contribution in [0.4, 0.5) is 0 Å². The second-order valence-electron chi connectivity index (χ2n) is 6.60. The first-order valence-electron chi connectivity index (χ1n) is 8.27. The van der Waals surface area contributed by atoms with Crippen molar-refractivity contribution >= 4 is 5.91 Å². The molecule has 1 saturated carbocycles. The van der Waals surface area contributed by atoms with Gasteiger partial charge >= 0.3 is 0 Å². The summed E-state index contributed by atoms with van der Waals surface area (Å²) in [4.78, 5) is 12.2. The fourth-order valence-corrected chi connectivity index (χ4v) is 3.85. The summed E-state index contributed by atoms with van der Waals surface area (Å²) in [5.41, 5.74) is 1.56. The van der Waals surface area contributed by atoms with Crippen LogP contribution in [0, 0.1) is 5.92 Å². The smallest absolute Gasteiger partial charge is 0.220 e. The molecule has 1 N–H and O–H groups in total. The van der Waals surface area contributed by atoms with Crippen LogP contribution >= 0.6 is 0 Å². The van der Waals surface area contributed by atoms with Gasteiger partial charge in [-0.05, 0) is 37.2 Å². The van der Waals surface area contributed by atoms with Crippen molar-refractivity contribution in [2.24, 2.45) is 5.92 Å². The molecule has 1 amide bonds. The number of carbonyl (C=O) groups is 1. The summed E-state index contributed by atoms with van der Waals surface area (Å²) in [6.45, 7) is 0.798. The summed E-state index contributed by atoms with van der Waals surface area (Å²) in [6.07, 6.45) is 12.3. The molecule has 0 heterocycles. The minimum Gasteiger partial charge on any atom is -0.355 e. The first kappa shape index (κ1) is 14.4. The molecule has 112 valence electrons. The van der Waals surface area contributed by atoms with Crippen LogP contribution in [0.2, 0.25) is 0 Å². The number of carbonyl (C=O) groups excluding carboxylic acids is 1. The van der Waals surface area contributed by atoms with Crippen LogP contribution in [0.5, 0.6) is 0 Å². The van der Waals surface area contributed by atoms with Gasteiger partial charge in [0.25, 0.3) is 0 Å². The van der Waals surface area contributed by atoms with Gasteiger partial charge in [-0.3, -0.25) is 4.79 Å². The van der Waals surface area contributed by atoms with Gasteiger partial charge in [-0.2, -0.15) is 0 Å². The van der Waals surface area contributed by atoms with Crippen LogP contribution in [0.15, 0.2) is 42.5 Å². The molecular weight excluding hydrogens is 258 g/mol. The van der Waals surface area contributed by atoms with E-state index in [0.717, 1.165) is 19.4 Å². The highest BCUT2D eigenvalue weighted by molar-refractivity contribution is 5.76. The highest BCUT2D eigenvalue weighted by Crippen LogP contribution is 2.40. The van der Waals surface area contributed by atoms with Crippen LogP contribution in [-0.4, -0.2) is 12.5 Å². The maximum absolute atomic E-state index is 12.2. The van der Waals surface area contributed by atoms with Crippen molar-refractivity contribution < 1.29 is 4.79 Å². The molecule has 0 saturated heterocycles. The fraction of sp³-hybridized carbons (Fsp3) is 0.526. The number of benzene rings is 1. The molecule has 2 aliphatic rings. The Kier molecular flexibility index (Phi) is 4.42. The summed E-state index contributed by atoms with van der Waals surface area (Å²) in [7, 11) is 0. The summed E-state index contributed by atoms with van der Waals surface area (Å²) < 4.78 is 0. The van der Waals surface area contributed by atoms with E-state index in [0.29, 0.717) is 12.3 Å². The first-order chi connectivity index (χ1) is 10.3. The monoisotopic (exact) mass is 283 g/mol. The highest BCUT2D eigenvalue weighted by atomic mass is 16.1. The maximum atomic E-state index is 12.2. The Morgan fingerprint density at radius 1 is 1.19 bits per heavy atom. The van der Waals surface area contributed by atoms with Crippen molar-refractivity contribution in [2.75, 3.05) is 6.54 Å². The van der Waals surface area contributed by atoms with Gasteiger partial charge in [0.05, 0.1) is 0 Å². The van der Waals surface area contributed by atoms with Crippen LogP contribution in [0.1, 0.15) is 50.5 Å². The molecule has 2 nitrogen and oxygen atoms in total. The normalized spacial score (nSPS) is 23.3. The second kappa shape index (κ2) is 6.46. The van der Waals surface area contributed by atoms with Crippen LogP contribution in [0.3, 0.4) is 0 Å². The zero-order valence-electron chi connectivity index (χ0n) is 12.7. The lowest BCUT2D eigenvalue weighted by molar-refractivity contribution is -0.122. The predicted molar refractivity (Wildman–Crippen MR) is 86.1 cm³/mol. The lowest BCUT2D eigenvalue weighted by Gasteiger charge is -2.30. The number of hydrogen-bond donors (Lipinski definition) is 1. The van der Waals surface area contributed by atoms with Gasteiger partial charge in [-0.15, -0.1) is 0 Å². The third-order valence-electron chi connectivity index (χ3n) is 5.13. The van der Waals surface area contributed by atoms with Crippen molar-refractivity contribution in [3.8, 4) is 0 Å². The predicted octanol–water partition coefficient (Wildman–Crippen LogP) is 3.97. The topological polar surface area (TPSA) is 29.1 Å². The lowest BCUT2D eigenvalue weighted by Crippen LogP contribution is -2.39. The minimum absolute atomic E-state index is 0.169. The summed E-state index contributed by atoms with van der Waals surface area (Å²) in [5.74, 6) is 0.676.